The van der Waals surface area contributed by atoms with E-state index in [2.05, 4.69) is 26.7 Å². The van der Waals surface area contributed by atoms with Crippen molar-refractivity contribution in [3.8, 4) is 17.1 Å². The molecule has 33 heavy (non-hydrogen) atoms. The molecular formula is C25H24ClN5OS. The molecule has 168 valence electrons. The number of aromatic nitrogens is 5. The van der Waals surface area contributed by atoms with Gasteiger partial charge >= 0.3 is 0 Å². The summed E-state index contributed by atoms with van der Waals surface area (Å²) in [5.41, 5.74) is 5.72. The number of ketones is 1. The van der Waals surface area contributed by atoms with Crippen LogP contribution in [0.5, 0.6) is 0 Å². The Hall–Kier alpha value is -2.90. The molecule has 6 nitrogen and oxygen atoms in total. The highest BCUT2D eigenvalue weighted by atomic mass is 35.5. The van der Waals surface area contributed by atoms with Gasteiger partial charge in [0, 0.05) is 46.0 Å². The van der Waals surface area contributed by atoms with Crippen LogP contribution in [0.25, 0.3) is 17.1 Å². The molecule has 5 rings (SSSR count). The molecule has 8 heteroatoms. The van der Waals surface area contributed by atoms with Crippen LogP contribution in [-0.4, -0.2) is 35.9 Å². The molecule has 1 saturated carbocycles. The van der Waals surface area contributed by atoms with Gasteiger partial charge in [0.15, 0.2) is 16.8 Å². The largest absolute Gasteiger partial charge is 0.345 e. The van der Waals surface area contributed by atoms with Gasteiger partial charge in [-0.1, -0.05) is 29.4 Å². The van der Waals surface area contributed by atoms with E-state index in [1.165, 1.54) is 24.6 Å². The van der Waals surface area contributed by atoms with Crippen molar-refractivity contribution in [3.05, 3.63) is 76.3 Å². The molecule has 1 fully saturated rings. The van der Waals surface area contributed by atoms with Gasteiger partial charge in [-0.25, -0.2) is 0 Å². The van der Waals surface area contributed by atoms with Crippen molar-refractivity contribution in [2.75, 3.05) is 5.75 Å². The minimum Gasteiger partial charge on any atom is -0.345 e. The second kappa shape index (κ2) is 8.80. The fraction of sp³-hybridized carbons (Fsp3) is 0.280. The van der Waals surface area contributed by atoms with Gasteiger partial charge in [0.1, 0.15) is 0 Å². The summed E-state index contributed by atoms with van der Waals surface area (Å²) in [4.78, 5) is 17.3. The standard InChI is InChI=1S/C25H24ClN5OS/c1-15-13-20(17(3)30(15)19-7-8-19)23(32)14-33-25-29-28-24(18-9-11-27-12-10-18)31(25)22-6-4-5-21(26)16(22)2/h4-6,9-13,19H,7-8,14H2,1-3H3. The molecule has 0 radical (unpaired) electrons. The molecule has 1 aliphatic carbocycles. The molecule has 0 atom stereocenters. The number of hydrogen-bond acceptors (Lipinski definition) is 5. The van der Waals surface area contributed by atoms with Crippen LogP contribution in [-0.2, 0) is 0 Å². The van der Waals surface area contributed by atoms with Gasteiger partial charge in [-0.05, 0) is 69.5 Å². The third kappa shape index (κ3) is 4.11. The van der Waals surface area contributed by atoms with Gasteiger partial charge in [0.2, 0.25) is 0 Å². The monoisotopic (exact) mass is 477 g/mol. The molecule has 0 spiro atoms. The number of halogens is 1. The number of hydrogen-bond donors (Lipinski definition) is 0. The number of benzene rings is 1. The van der Waals surface area contributed by atoms with E-state index in [9.17, 15) is 4.79 Å². The summed E-state index contributed by atoms with van der Waals surface area (Å²) in [6.07, 6.45) is 5.84. The van der Waals surface area contributed by atoms with E-state index in [1.807, 2.05) is 54.8 Å². The Bertz CT molecular complexity index is 1340. The van der Waals surface area contributed by atoms with Crippen LogP contribution in [0.4, 0.5) is 0 Å². The Morgan fingerprint density at radius 1 is 1.12 bits per heavy atom. The molecule has 0 unspecified atom stereocenters. The summed E-state index contributed by atoms with van der Waals surface area (Å²) in [6.45, 7) is 6.09. The number of carbonyl (C=O) groups excluding carboxylic acids is 1. The summed E-state index contributed by atoms with van der Waals surface area (Å²) in [5, 5.41) is 10.2. The predicted octanol–water partition coefficient (Wildman–Crippen LogP) is 6.02. The topological polar surface area (TPSA) is 65.6 Å². The zero-order chi connectivity index (χ0) is 23.1. The Kier molecular flexibility index (Phi) is 5.85. The molecular weight excluding hydrogens is 454 g/mol. The summed E-state index contributed by atoms with van der Waals surface area (Å²) < 4.78 is 4.28. The van der Waals surface area contributed by atoms with E-state index in [-0.39, 0.29) is 11.5 Å². The van der Waals surface area contributed by atoms with Crippen LogP contribution in [0.1, 0.15) is 46.2 Å². The van der Waals surface area contributed by atoms with Gasteiger partial charge in [-0.3, -0.25) is 14.3 Å². The Morgan fingerprint density at radius 2 is 1.88 bits per heavy atom. The van der Waals surface area contributed by atoms with E-state index >= 15 is 0 Å². The van der Waals surface area contributed by atoms with Crippen LogP contribution in [0.2, 0.25) is 5.02 Å². The summed E-state index contributed by atoms with van der Waals surface area (Å²) in [5.74, 6) is 1.07. The molecule has 3 heterocycles. The second-order valence-electron chi connectivity index (χ2n) is 8.36. The maximum atomic E-state index is 13.2. The van der Waals surface area contributed by atoms with E-state index in [0.717, 1.165) is 33.8 Å². The van der Waals surface area contributed by atoms with E-state index in [1.54, 1.807) is 12.4 Å². The molecule has 1 aliphatic rings. The Labute approximate surface area is 202 Å². The van der Waals surface area contributed by atoms with E-state index < -0.39 is 0 Å². The first kappa shape index (κ1) is 21.9. The normalized spacial score (nSPS) is 13.5. The first-order chi connectivity index (χ1) is 16.0. The quantitative estimate of drug-likeness (QED) is 0.240. The fourth-order valence-electron chi connectivity index (χ4n) is 4.27. The molecule has 0 aliphatic heterocycles. The van der Waals surface area contributed by atoms with Crippen molar-refractivity contribution in [2.45, 2.75) is 44.8 Å². The summed E-state index contributed by atoms with van der Waals surface area (Å²) in [7, 11) is 0. The minimum absolute atomic E-state index is 0.0998. The SMILES string of the molecule is Cc1c(Cl)cccc1-n1c(SCC(=O)c2cc(C)n(C3CC3)c2C)nnc1-c1ccncc1. The van der Waals surface area contributed by atoms with Crippen LogP contribution < -0.4 is 0 Å². The average molecular weight is 478 g/mol. The molecule has 0 bridgehead atoms. The highest BCUT2D eigenvalue weighted by molar-refractivity contribution is 7.99. The second-order valence-corrected chi connectivity index (χ2v) is 9.71. The summed E-state index contributed by atoms with van der Waals surface area (Å²) >= 11 is 7.82. The van der Waals surface area contributed by atoms with Crippen molar-refractivity contribution in [2.24, 2.45) is 0 Å². The van der Waals surface area contributed by atoms with Crippen molar-refractivity contribution in [1.29, 1.82) is 0 Å². The van der Waals surface area contributed by atoms with Gasteiger partial charge in [-0.2, -0.15) is 0 Å². The maximum absolute atomic E-state index is 13.2. The van der Waals surface area contributed by atoms with Crippen LogP contribution in [0, 0.1) is 20.8 Å². The van der Waals surface area contributed by atoms with Gasteiger partial charge in [-0.15, -0.1) is 10.2 Å². The van der Waals surface area contributed by atoms with Crippen LogP contribution in [0.3, 0.4) is 0 Å². The Morgan fingerprint density at radius 3 is 2.61 bits per heavy atom. The van der Waals surface area contributed by atoms with E-state index in [0.29, 0.717) is 22.0 Å². The number of thioether (sulfide) groups is 1. The highest BCUT2D eigenvalue weighted by Gasteiger charge is 2.28. The lowest BCUT2D eigenvalue weighted by molar-refractivity contribution is 0.102. The van der Waals surface area contributed by atoms with Gasteiger partial charge < -0.3 is 4.57 Å². The van der Waals surface area contributed by atoms with Crippen LogP contribution in [0.15, 0.2) is 53.9 Å². The third-order valence-corrected chi connectivity index (χ3v) is 7.42. The van der Waals surface area contributed by atoms with Gasteiger partial charge in [0.25, 0.3) is 0 Å². The third-order valence-electron chi connectivity index (χ3n) is 6.08. The summed E-state index contributed by atoms with van der Waals surface area (Å²) in [6, 6.07) is 12.1. The van der Waals surface area contributed by atoms with Crippen molar-refractivity contribution >= 4 is 29.1 Å². The number of nitrogens with zero attached hydrogens (tertiary/aromatic N) is 5. The average Bonchev–Trinajstić information content (AvgIpc) is 3.48. The number of aryl methyl sites for hydroxylation is 1. The lowest BCUT2D eigenvalue weighted by atomic mass is 10.2. The number of carbonyl (C=O) groups is 1. The van der Waals surface area contributed by atoms with Crippen molar-refractivity contribution in [1.82, 2.24) is 24.3 Å². The van der Waals surface area contributed by atoms with Crippen molar-refractivity contribution in [3.63, 3.8) is 0 Å². The lowest BCUT2D eigenvalue weighted by Gasteiger charge is -2.13. The molecule has 1 aromatic carbocycles. The van der Waals surface area contributed by atoms with E-state index in [4.69, 9.17) is 11.6 Å². The highest BCUT2D eigenvalue weighted by Crippen LogP contribution is 2.39. The first-order valence-electron chi connectivity index (χ1n) is 10.9. The fourth-order valence-corrected chi connectivity index (χ4v) is 5.27. The van der Waals surface area contributed by atoms with Crippen molar-refractivity contribution < 1.29 is 4.79 Å². The number of Topliss-reactive ketones (excluding diaryl/α,β-unsaturated/α-hetero) is 1. The minimum atomic E-state index is 0.0998. The zero-order valence-electron chi connectivity index (χ0n) is 18.7. The Balaban J connectivity index is 1.49. The first-order valence-corrected chi connectivity index (χ1v) is 12.3. The molecule has 3 aromatic heterocycles. The smallest absolute Gasteiger partial charge is 0.196 e. The predicted molar refractivity (Wildman–Crippen MR) is 132 cm³/mol. The zero-order valence-corrected chi connectivity index (χ0v) is 20.3. The number of rotatable bonds is 7. The maximum Gasteiger partial charge on any atom is 0.196 e. The molecule has 0 amide bonds. The lowest BCUT2D eigenvalue weighted by Crippen LogP contribution is -2.07. The number of pyridine rings is 1. The van der Waals surface area contributed by atoms with Gasteiger partial charge in [0.05, 0.1) is 11.4 Å². The molecule has 0 N–H and O–H groups in total. The van der Waals surface area contributed by atoms with Crippen LogP contribution >= 0.6 is 23.4 Å². The molecule has 4 aromatic rings. The molecule has 0 saturated heterocycles.